The Morgan fingerprint density at radius 1 is 1.27 bits per heavy atom. The van der Waals surface area contributed by atoms with Crippen molar-refractivity contribution in [1.82, 2.24) is 15.1 Å². The molecule has 1 aromatic heterocycles. The molecule has 0 aliphatic heterocycles. The average molecular weight is 470 g/mol. The molecule has 0 fully saturated rings. The third-order valence-corrected chi connectivity index (χ3v) is 5.46. The lowest BCUT2D eigenvalue weighted by Crippen LogP contribution is -2.25. The van der Waals surface area contributed by atoms with Gasteiger partial charge in [0.15, 0.2) is 0 Å². The van der Waals surface area contributed by atoms with Gasteiger partial charge in [0.25, 0.3) is 0 Å². The summed E-state index contributed by atoms with van der Waals surface area (Å²) in [5.41, 5.74) is 8.40. The Morgan fingerprint density at radius 3 is 2.73 bits per heavy atom. The molecule has 9 heteroatoms. The van der Waals surface area contributed by atoms with Crippen molar-refractivity contribution in [2.75, 3.05) is 18.9 Å². The summed E-state index contributed by atoms with van der Waals surface area (Å²) in [6, 6.07) is 13.2. The molecule has 2 aromatic carbocycles. The summed E-state index contributed by atoms with van der Waals surface area (Å²) < 4.78 is 20.2. The third kappa shape index (κ3) is 6.46. The number of hydrogen-bond donors (Lipinski definition) is 2. The first-order valence-electron chi connectivity index (χ1n) is 10.6. The molecule has 33 heavy (non-hydrogen) atoms. The number of anilines is 1. The third-order valence-electron chi connectivity index (χ3n) is 5.04. The van der Waals surface area contributed by atoms with Crippen molar-refractivity contribution in [3.05, 3.63) is 70.1 Å². The van der Waals surface area contributed by atoms with Crippen molar-refractivity contribution in [2.24, 2.45) is 0 Å². The minimum Gasteiger partial charge on any atom is -0.494 e. The van der Waals surface area contributed by atoms with Crippen molar-refractivity contribution in [3.63, 3.8) is 0 Å². The van der Waals surface area contributed by atoms with Crippen molar-refractivity contribution >= 4 is 23.3 Å². The van der Waals surface area contributed by atoms with E-state index in [1.54, 1.807) is 24.3 Å². The number of amides is 1. The molecule has 0 aliphatic rings. The second-order valence-corrected chi connectivity index (χ2v) is 7.93. The molecule has 7 nitrogen and oxygen atoms in total. The molecular weight excluding hydrogens is 445 g/mol. The smallest absolute Gasteiger partial charge is 0.220 e. The molecule has 0 atom stereocenters. The van der Waals surface area contributed by atoms with Crippen molar-refractivity contribution in [1.29, 1.82) is 5.26 Å². The maximum Gasteiger partial charge on any atom is 0.220 e. The molecule has 0 saturated carbocycles. The predicted molar refractivity (Wildman–Crippen MR) is 125 cm³/mol. The Kier molecular flexibility index (Phi) is 8.28. The van der Waals surface area contributed by atoms with Crippen LogP contribution in [-0.2, 0) is 11.2 Å². The van der Waals surface area contributed by atoms with Gasteiger partial charge in [-0.3, -0.25) is 4.79 Å². The first-order valence-corrected chi connectivity index (χ1v) is 11.0. The zero-order valence-electron chi connectivity index (χ0n) is 18.3. The molecule has 0 radical (unpaired) electrons. The summed E-state index contributed by atoms with van der Waals surface area (Å²) >= 11 is 5.99. The summed E-state index contributed by atoms with van der Waals surface area (Å²) in [4.78, 5) is 12.1. The van der Waals surface area contributed by atoms with E-state index in [0.717, 1.165) is 11.3 Å². The lowest BCUT2D eigenvalue weighted by Gasteiger charge is -2.08. The van der Waals surface area contributed by atoms with Crippen molar-refractivity contribution in [2.45, 2.75) is 32.6 Å². The number of nitrogen functional groups attached to an aromatic ring is 1. The molecular formula is C24H25ClFN5O2. The van der Waals surface area contributed by atoms with Gasteiger partial charge in [-0.15, -0.1) is 0 Å². The minimum absolute atomic E-state index is 0.0669. The number of nitrogens with two attached hydrogens (primary N) is 1. The lowest BCUT2D eigenvalue weighted by molar-refractivity contribution is -0.121. The highest BCUT2D eigenvalue weighted by Gasteiger charge is 2.16. The number of aromatic nitrogens is 2. The number of halogens is 2. The van der Waals surface area contributed by atoms with Crippen LogP contribution in [0.1, 0.15) is 36.1 Å². The largest absolute Gasteiger partial charge is 0.494 e. The van der Waals surface area contributed by atoms with Gasteiger partial charge in [-0.2, -0.15) is 10.4 Å². The first kappa shape index (κ1) is 24.1. The minimum atomic E-state index is -0.368. The fraction of sp³-hybridized carbons (Fsp3) is 0.292. The summed E-state index contributed by atoms with van der Waals surface area (Å²) in [6.45, 7) is 2.79. The standard InChI is InChI=1S/C24H25ClFN5O2/c1-16-14-19(10-11-21(16)25)33-13-3-5-23(32)29-12-2-4-22-20(15-27)24(28)31(30-22)18-8-6-17(26)7-9-18/h6-11,14H,2-5,12-13,28H2,1H3,(H,29,32). The van der Waals surface area contributed by atoms with Crippen LogP contribution >= 0.6 is 11.6 Å². The SMILES string of the molecule is Cc1cc(OCCCC(=O)NCCCc2nn(-c3ccc(F)cc3)c(N)c2C#N)ccc1Cl. The van der Waals surface area contributed by atoms with E-state index in [0.29, 0.717) is 60.8 Å². The van der Waals surface area contributed by atoms with Gasteiger partial charge in [0, 0.05) is 18.0 Å². The number of carbonyl (C=O) groups is 1. The molecule has 3 aromatic rings. The quantitative estimate of drug-likeness (QED) is 0.430. The van der Waals surface area contributed by atoms with Crippen LogP contribution in [0.2, 0.25) is 5.02 Å². The second kappa shape index (κ2) is 11.3. The van der Waals surface area contributed by atoms with Gasteiger partial charge in [0.2, 0.25) is 5.91 Å². The van der Waals surface area contributed by atoms with Crippen LogP contribution in [0, 0.1) is 24.1 Å². The van der Waals surface area contributed by atoms with Gasteiger partial charge in [-0.05, 0) is 74.2 Å². The normalized spacial score (nSPS) is 10.6. The van der Waals surface area contributed by atoms with E-state index >= 15 is 0 Å². The summed E-state index contributed by atoms with van der Waals surface area (Å²) in [5.74, 6) is 0.499. The molecule has 0 spiro atoms. The van der Waals surface area contributed by atoms with Crippen LogP contribution in [0.3, 0.4) is 0 Å². The number of ether oxygens (including phenoxy) is 1. The van der Waals surface area contributed by atoms with E-state index in [-0.39, 0.29) is 17.5 Å². The van der Waals surface area contributed by atoms with Gasteiger partial charge in [0.05, 0.1) is 18.0 Å². The summed E-state index contributed by atoms with van der Waals surface area (Å²) in [5, 5.41) is 17.4. The highest BCUT2D eigenvalue weighted by atomic mass is 35.5. The van der Waals surface area contributed by atoms with Gasteiger partial charge >= 0.3 is 0 Å². The molecule has 0 bridgehead atoms. The van der Waals surface area contributed by atoms with Crippen LogP contribution in [-0.4, -0.2) is 28.8 Å². The van der Waals surface area contributed by atoms with E-state index in [9.17, 15) is 14.4 Å². The van der Waals surface area contributed by atoms with Crippen LogP contribution in [0.4, 0.5) is 10.2 Å². The Hall–Kier alpha value is -3.57. The Morgan fingerprint density at radius 2 is 2.03 bits per heavy atom. The van der Waals surface area contributed by atoms with Crippen LogP contribution in [0.25, 0.3) is 5.69 Å². The fourth-order valence-electron chi connectivity index (χ4n) is 3.26. The number of aryl methyl sites for hydroxylation is 2. The lowest BCUT2D eigenvalue weighted by atomic mass is 10.1. The molecule has 172 valence electrons. The van der Waals surface area contributed by atoms with Crippen LogP contribution < -0.4 is 15.8 Å². The molecule has 0 aliphatic carbocycles. The van der Waals surface area contributed by atoms with Gasteiger partial charge in [0.1, 0.15) is 29.0 Å². The molecule has 3 rings (SSSR count). The molecule has 0 saturated heterocycles. The van der Waals surface area contributed by atoms with Crippen LogP contribution in [0.15, 0.2) is 42.5 Å². The molecule has 3 N–H and O–H groups in total. The van der Waals surface area contributed by atoms with Crippen molar-refractivity contribution in [3.8, 4) is 17.5 Å². The number of nitrogens with zero attached hydrogens (tertiary/aromatic N) is 3. The highest BCUT2D eigenvalue weighted by molar-refractivity contribution is 6.31. The predicted octanol–water partition coefficient (Wildman–Crippen LogP) is 4.34. The number of rotatable bonds is 10. The molecule has 1 amide bonds. The maximum absolute atomic E-state index is 13.2. The van der Waals surface area contributed by atoms with E-state index < -0.39 is 0 Å². The second-order valence-electron chi connectivity index (χ2n) is 7.52. The zero-order chi connectivity index (χ0) is 23.8. The van der Waals surface area contributed by atoms with E-state index in [1.165, 1.54) is 16.8 Å². The average Bonchev–Trinajstić information content (AvgIpc) is 3.12. The van der Waals surface area contributed by atoms with Crippen molar-refractivity contribution < 1.29 is 13.9 Å². The Labute approximate surface area is 196 Å². The number of nitrogens with one attached hydrogen (secondary N) is 1. The Bertz CT molecular complexity index is 1150. The molecule has 0 unspecified atom stereocenters. The molecule has 1 heterocycles. The zero-order valence-corrected chi connectivity index (χ0v) is 19.0. The van der Waals surface area contributed by atoms with E-state index in [4.69, 9.17) is 22.1 Å². The Balaban J connectivity index is 1.41. The summed E-state index contributed by atoms with van der Waals surface area (Å²) in [7, 11) is 0. The van der Waals surface area contributed by atoms with E-state index in [1.807, 2.05) is 13.0 Å². The summed E-state index contributed by atoms with van der Waals surface area (Å²) in [6.07, 6.45) is 2.01. The van der Waals surface area contributed by atoms with Crippen LogP contribution in [0.5, 0.6) is 5.75 Å². The van der Waals surface area contributed by atoms with Gasteiger partial charge < -0.3 is 15.8 Å². The number of carbonyl (C=O) groups excluding carboxylic acids is 1. The monoisotopic (exact) mass is 469 g/mol. The van der Waals surface area contributed by atoms with Gasteiger partial charge in [-0.1, -0.05) is 11.6 Å². The maximum atomic E-state index is 13.2. The van der Waals surface area contributed by atoms with Gasteiger partial charge in [-0.25, -0.2) is 9.07 Å². The number of nitriles is 1. The first-order chi connectivity index (χ1) is 15.9. The topological polar surface area (TPSA) is 106 Å². The fourth-order valence-corrected chi connectivity index (χ4v) is 3.37. The van der Waals surface area contributed by atoms with E-state index in [2.05, 4.69) is 16.5 Å². The number of benzene rings is 2. The number of hydrogen-bond acceptors (Lipinski definition) is 5. The highest BCUT2D eigenvalue weighted by Crippen LogP contribution is 2.22.